The van der Waals surface area contributed by atoms with E-state index in [1.807, 2.05) is 0 Å². The minimum Gasteiger partial charge on any atom is -0.508 e. The molecule has 1 aromatic heterocycles. The summed E-state index contributed by atoms with van der Waals surface area (Å²) < 4.78 is 0. The molecule has 0 spiro atoms. The molecule has 0 aliphatic rings. The number of aromatic hydroxyl groups is 1. The second-order valence-electron chi connectivity index (χ2n) is 2.10. The number of hydrogen-bond donors (Lipinski definition) is 2. The fourth-order valence-electron chi connectivity index (χ4n) is 0.924. The van der Waals surface area contributed by atoms with Gasteiger partial charge in [-0.25, -0.2) is 4.98 Å². The second-order valence-corrected chi connectivity index (χ2v) is 2.10. The lowest BCUT2D eigenvalue weighted by Crippen LogP contribution is -1.67. The average molecular weight is 152 g/mol. The van der Waals surface area contributed by atoms with E-state index in [1.165, 1.54) is 0 Å². The Hall–Kier alpha value is -1.55. The molecule has 2 rings (SSSR count). The van der Waals surface area contributed by atoms with Crippen LogP contribution >= 0.6 is 0 Å². The van der Waals surface area contributed by atoms with Crippen LogP contribution in [0.4, 0.5) is 0 Å². The van der Waals surface area contributed by atoms with Gasteiger partial charge in [0.2, 0.25) is 0 Å². The first-order valence-electron chi connectivity index (χ1n) is 2.98. The first kappa shape index (κ1) is 7.56. The Morgan fingerprint density at radius 2 is 2.18 bits per heavy atom. The van der Waals surface area contributed by atoms with Crippen molar-refractivity contribution in [2.75, 3.05) is 0 Å². The Labute approximate surface area is 62.8 Å². The van der Waals surface area contributed by atoms with Crippen molar-refractivity contribution in [2.45, 2.75) is 0 Å². The van der Waals surface area contributed by atoms with Crippen molar-refractivity contribution in [3.8, 4) is 5.75 Å². The van der Waals surface area contributed by atoms with Crippen LogP contribution in [-0.4, -0.2) is 20.6 Å². The largest absolute Gasteiger partial charge is 0.508 e. The SMILES string of the molecule is O.Oc1ccc2nc[nH]c2c1. The predicted molar refractivity (Wildman–Crippen MR) is 41.4 cm³/mol. The Morgan fingerprint density at radius 3 is 3.00 bits per heavy atom. The maximum Gasteiger partial charge on any atom is 0.117 e. The van der Waals surface area contributed by atoms with E-state index in [4.69, 9.17) is 5.11 Å². The van der Waals surface area contributed by atoms with Gasteiger partial charge in [0.25, 0.3) is 0 Å². The van der Waals surface area contributed by atoms with Gasteiger partial charge >= 0.3 is 0 Å². The molecule has 0 saturated heterocycles. The lowest BCUT2D eigenvalue weighted by molar-refractivity contribution is 0.476. The van der Waals surface area contributed by atoms with Crippen molar-refractivity contribution in [2.24, 2.45) is 0 Å². The number of imidazole rings is 1. The van der Waals surface area contributed by atoms with E-state index in [1.54, 1.807) is 24.5 Å². The van der Waals surface area contributed by atoms with Gasteiger partial charge in [-0.15, -0.1) is 0 Å². The van der Waals surface area contributed by atoms with Crippen molar-refractivity contribution in [3.63, 3.8) is 0 Å². The number of aromatic amines is 1. The maximum absolute atomic E-state index is 9.00. The molecule has 4 nitrogen and oxygen atoms in total. The summed E-state index contributed by atoms with van der Waals surface area (Å²) in [4.78, 5) is 6.88. The van der Waals surface area contributed by atoms with Gasteiger partial charge in [0.05, 0.1) is 17.4 Å². The summed E-state index contributed by atoms with van der Waals surface area (Å²) in [5.41, 5.74) is 1.73. The molecule has 4 heteroatoms. The molecule has 2 aromatic rings. The first-order chi connectivity index (χ1) is 4.86. The number of H-pyrrole nitrogens is 1. The Kier molecular flexibility index (Phi) is 1.78. The van der Waals surface area contributed by atoms with Crippen LogP contribution in [0.2, 0.25) is 0 Å². The van der Waals surface area contributed by atoms with Crippen LogP contribution in [0.15, 0.2) is 24.5 Å². The molecule has 0 bridgehead atoms. The molecule has 0 atom stereocenters. The van der Waals surface area contributed by atoms with Crippen LogP contribution in [0.1, 0.15) is 0 Å². The quantitative estimate of drug-likeness (QED) is 0.574. The molecule has 4 N–H and O–H groups in total. The van der Waals surface area contributed by atoms with Crippen molar-refractivity contribution in [3.05, 3.63) is 24.5 Å². The third kappa shape index (κ3) is 1.15. The lowest BCUT2D eigenvalue weighted by atomic mass is 10.3. The average Bonchev–Trinajstić information content (AvgIpc) is 2.33. The molecule has 1 aromatic carbocycles. The minimum absolute atomic E-state index is 0. The van der Waals surface area contributed by atoms with E-state index in [2.05, 4.69) is 9.97 Å². The lowest BCUT2D eigenvalue weighted by Gasteiger charge is -1.88. The van der Waals surface area contributed by atoms with E-state index >= 15 is 0 Å². The second kappa shape index (κ2) is 2.59. The number of phenolic OH excluding ortho intramolecular Hbond substituents is 1. The van der Waals surface area contributed by atoms with Gasteiger partial charge in [-0.1, -0.05) is 0 Å². The smallest absolute Gasteiger partial charge is 0.117 e. The minimum atomic E-state index is 0. The first-order valence-corrected chi connectivity index (χ1v) is 2.98. The third-order valence-corrected chi connectivity index (χ3v) is 1.40. The van der Waals surface area contributed by atoms with Crippen LogP contribution in [0.5, 0.6) is 5.75 Å². The molecule has 0 unspecified atom stereocenters. The highest BCUT2D eigenvalue weighted by atomic mass is 16.3. The van der Waals surface area contributed by atoms with Gasteiger partial charge in [0.1, 0.15) is 5.75 Å². The number of fused-ring (bicyclic) bond motifs is 1. The van der Waals surface area contributed by atoms with Crippen molar-refractivity contribution >= 4 is 11.0 Å². The fourth-order valence-corrected chi connectivity index (χ4v) is 0.924. The Bertz CT molecular complexity index is 356. The van der Waals surface area contributed by atoms with Gasteiger partial charge < -0.3 is 15.6 Å². The van der Waals surface area contributed by atoms with Gasteiger partial charge in [0, 0.05) is 6.07 Å². The van der Waals surface area contributed by atoms with E-state index in [0.29, 0.717) is 0 Å². The molecule has 0 aliphatic heterocycles. The van der Waals surface area contributed by atoms with Gasteiger partial charge in [-0.05, 0) is 12.1 Å². The number of aromatic nitrogens is 2. The topological polar surface area (TPSA) is 80.4 Å². The van der Waals surface area contributed by atoms with Crippen LogP contribution in [0.25, 0.3) is 11.0 Å². The van der Waals surface area contributed by atoms with E-state index in [0.717, 1.165) is 11.0 Å². The molecule has 0 fully saturated rings. The molecule has 0 radical (unpaired) electrons. The summed E-state index contributed by atoms with van der Waals surface area (Å²) in [6.45, 7) is 0. The maximum atomic E-state index is 9.00. The highest BCUT2D eigenvalue weighted by molar-refractivity contribution is 5.75. The van der Waals surface area contributed by atoms with E-state index in [9.17, 15) is 0 Å². The number of phenols is 1. The summed E-state index contributed by atoms with van der Waals surface area (Å²) in [5, 5.41) is 9.00. The number of hydrogen-bond acceptors (Lipinski definition) is 2. The van der Waals surface area contributed by atoms with Crippen molar-refractivity contribution < 1.29 is 10.6 Å². The zero-order valence-corrected chi connectivity index (χ0v) is 5.70. The molecule has 0 saturated carbocycles. The molecule has 11 heavy (non-hydrogen) atoms. The van der Waals surface area contributed by atoms with Gasteiger partial charge in [0.15, 0.2) is 0 Å². The highest BCUT2D eigenvalue weighted by Gasteiger charge is 1.94. The molecule has 0 aliphatic carbocycles. The number of rotatable bonds is 0. The van der Waals surface area contributed by atoms with E-state index in [-0.39, 0.29) is 11.2 Å². The molecule has 1 heterocycles. The van der Waals surface area contributed by atoms with Crippen LogP contribution in [0, 0.1) is 0 Å². The van der Waals surface area contributed by atoms with Crippen LogP contribution in [-0.2, 0) is 0 Å². The molecule has 58 valence electrons. The van der Waals surface area contributed by atoms with E-state index < -0.39 is 0 Å². The summed E-state index contributed by atoms with van der Waals surface area (Å²) in [7, 11) is 0. The normalized spacial score (nSPS) is 9.45. The van der Waals surface area contributed by atoms with Crippen molar-refractivity contribution in [1.82, 2.24) is 9.97 Å². The monoisotopic (exact) mass is 152 g/mol. The number of benzene rings is 1. The molecular weight excluding hydrogens is 144 g/mol. The standard InChI is InChI=1S/C7H6N2O.H2O/c10-5-1-2-6-7(3-5)9-4-8-6;/h1-4,10H,(H,8,9);1H2. The summed E-state index contributed by atoms with van der Waals surface area (Å²) in [5.74, 6) is 0.261. The zero-order valence-electron chi connectivity index (χ0n) is 5.70. The summed E-state index contributed by atoms with van der Waals surface area (Å²) >= 11 is 0. The molecule has 0 amide bonds. The summed E-state index contributed by atoms with van der Waals surface area (Å²) in [6.07, 6.45) is 1.60. The molecular formula is C7H8N2O2. The van der Waals surface area contributed by atoms with Crippen LogP contribution < -0.4 is 0 Å². The van der Waals surface area contributed by atoms with Gasteiger partial charge in [-0.3, -0.25) is 0 Å². The third-order valence-electron chi connectivity index (χ3n) is 1.40. The number of nitrogens with one attached hydrogen (secondary N) is 1. The van der Waals surface area contributed by atoms with Crippen LogP contribution in [0.3, 0.4) is 0 Å². The Morgan fingerprint density at radius 1 is 1.36 bits per heavy atom. The van der Waals surface area contributed by atoms with Gasteiger partial charge in [-0.2, -0.15) is 0 Å². The highest BCUT2D eigenvalue weighted by Crippen LogP contribution is 2.15. The fraction of sp³-hybridized carbons (Fsp3) is 0. The Balaban J connectivity index is 0.000000605. The summed E-state index contributed by atoms with van der Waals surface area (Å²) in [6, 6.07) is 5.02. The number of nitrogens with zero attached hydrogens (tertiary/aromatic N) is 1. The zero-order chi connectivity index (χ0) is 6.97. The predicted octanol–water partition coefficient (Wildman–Crippen LogP) is 0.444. The van der Waals surface area contributed by atoms with Crippen molar-refractivity contribution in [1.29, 1.82) is 0 Å².